The molecule has 0 aliphatic heterocycles. The molecule has 0 aromatic rings. The summed E-state index contributed by atoms with van der Waals surface area (Å²) in [5.74, 6) is -6.91. The molecule has 0 heterocycles. The van der Waals surface area contributed by atoms with Crippen LogP contribution in [0.2, 0.25) is 0 Å². The number of hydrogen-bond donors (Lipinski definition) is 0. The lowest BCUT2D eigenvalue weighted by molar-refractivity contribution is -0.258. The summed E-state index contributed by atoms with van der Waals surface area (Å²) in [5, 5.41) is 0. The zero-order valence-electron chi connectivity index (χ0n) is 8.18. The van der Waals surface area contributed by atoms with Gasteiger partial charge in [-0.15, -0.1) is 4.39 Å². The second-order valence-electron chi connectivity index (χ2n) is 2.08. The van der Waals surface area contributed by atoms with E-state index in [1.807, 2.05) is 0 Å². The van der Waals surface area contributed by atoms with Crippen LogP contribution in [0.25, 0.3) is 0 Å². The Morgan fingerprint density at radius 3 is 1.45 bits per heavy atom. The minimum Gasteiger partial charge on any atom is -0.269 e. The van der Waals surface area contributed by atoms with Gasteiger partial charge < -0.3 is 0 Å². The van der Waals surface area contributed by atoms with Crippen LogP contribution < -0.4 is 0 Å². The van der Waals surface area contributed by atoms with Crippen LogP contribution in [0.4, 0.5) is 40.2 Å². The predicted molar refractivity (Wildman–Crippen MR) is 66.0 cm³/mol. The third kappa shape index (κ3) is 26.8. The third-order valence-corrected chi connectivity index (χ3v) is 0.766. The molecule has 0 aromatic carbocycles. The Bertz CT molecular complexity index is 251. The smallest absolute Gasteiger partial charge is 0.269 e. The number of carbonyl (C=O) groups excluding carboxylic acids is 2. The average molecular weight is 358 g/mol. The average Bonchev–Trinajstić information content (AvgIpc) is 2.26. The number of alkyl halides is 6. The van der Waals surface area contributed by atoms with Crippen molar-refractivity contribution in [3.05, 3.63) is 0 Å². The molecule has 0 spiro atoms. The van der Waals surface area contributed by atoms with E-state index in [9.17, 15) is 40.3 Å². The van der Waals surface area contributed by atoms with E-state index in [4.69, 9.17) is 0 Å². The highest BCUT2D eigenvalue weighted by molar-refractivity contribution is 5.77. The van der Waals surface area contributed by atoms with Gasteiger partial charge in [-0.25, -0.2) is 36.9 Å². The van der Waals surface area contributed by atoms with E-state index < -0.39 is 37.9 Å². The van der Waals surface area contributed by atoms with Crippen LogP contribution in [-0.2, 0) is 14.6 Å². The molecule has 0 aliphatic rings. The second kappa shape index (κ2) is 21.7. The van der Waals surface area contributed by atoms with Crippen molar-refractivity contribution in [3.8, 4) is 0 Å². The third-order valence-electron chi connectivity index (χ3n) is 0.766. The van der Waals surface area contributed by atoms with Crippen molar-refractivity contribution < 1.29 is 54.8 Å². The van der Waals surface area contributed by atoms with Crippen LogP contribution in [0.3, 0.4) is 0 Å². The molecular weight excluding hydrogens is 336 g/mol. The summed E-state index contributed by atoms with van der Waals surface area (Å²) in [6.07, 6.45) is -5.37. The predicted octanol–water partition coefficient (Wildman–Crippen LogP) is 5.07. The summed E-state index contributed by atoms with van der Waals surface area (Å²) in [4.78, 5) is 24.9. The molecule has 0 rings (SSSR count). The second-order valence-corrected chi connectivity index (χ2v) is 2.08. The summed E-state index contributed by atoms with van der Waals surface area (Å²) in [6.45, 7) is -3.85. The highest BCUT2D eigenvalue weighted by Crippen LogP contribution is 2.15. The molecule has 0 unspecified atom stereocenters. The monoisotopic (exact) mass is 358 g/mol. The van der Waals surface area contributed by atoms with Crippen molar-refractivity contribution >= 4 is 12.2 Å². The molecule has 0 fully saturated rings. The fourth-order valence-electron chi connectivity index (χ4n) is 0.186. The quantitative estimate of drug-likeness (QED) is 0.306. The van der Waals surface area contributed by atoms with Crippen molar-refractivity contribution in [1.29, 1.82) is 0 Å². The van der Waals surface area contributed by atoms with Crippen LogP contribution in [-0.4, -0.2) is 37.9 Å². The maximum absolute atomic E-state index is 11.8. The highest BCUT2D eigenvalue weighted by Gasteiger charge is 2.43. The zero-order chi connectivity index (χ0) is 14.1. The molecule has 0 N–H and O–H groups in total. The Morgan fingerprint density at radius 1 is 0.955 bits per heavy atom. The summed E-state index contributed by atoms with van der Waals surface area (Å²) >= 11 is 0. The maximum Gasteiger partial charge on any atom is 0.536 e. The molecule has 22 heavy (non-hydrogen) atoms. The van der Waals surface area contributed by atoms with Crippen LogP contribution >= 0.6 is 0 Å². The van der Waals surface area contributed by atoms with E-state index >= 15 is 0 Å². The molecule has 0 amide bonds. The lowest BCUT2D eigenvalue weighted by atomic mass is 10.4. The van der Waals surface area contributed by atoms with Crippen molar-refractivity contribution in [1.82, 2.24) is 0 Å². The van der Waals surface area contributed by atoms with Crippen LogP contribution in [0.1, 0.15) is 29.7 Å². The molecule has 0 bridgehead atoms. The van der Waals surface area contributed by atoms with Gasteiger partial charge in [0.2, 0.25) is 0 Å². The van der Waals surface area contributed by atoms with Crippen molar-refractivity contribution in [2.24, 2.45) is 0 Å². The Labute approximate surface area is 123 Å². The summed E-state index contributed by atoms with van der Waals surface area (Å²) in [5.41, 5.74) is 0. The van der Waals surface area contributed by atoms with E-state index in [0.29, 0.717) is 0 Å². The lowest BCUT2D eigenvalue weighted by Gasteiger charge is -2.07. The van der Waals surface area contributed by atoms with E-state index in [2.05, 4.69) is 9.78 Å². The number of rotatable bonds is 3. The van der Waals surface area contributed by atoms with Gasteiger partial charge in [0.25, 0.3) is 6.43 Å². The van der Waals surface area contributed by atoms with E-state index in [0.717, 1.165) is 0 Å². The van der Waals surface area contributed by atoms with Gasteiger partial charge in [-0.1, -0.05) is 29.7 Å². The molecule has 0 saturated heterocycles. The summed E-state index contributed by atoms with van der Waals surface area (Å²) in [7, 11) is 0. The van der Waals surface area contributed by atoms with Crippen LogP contribution in [0.5, 0.6) is 0 Å². The molecule has 0 aliphatic carbocycles. The molecule has 0 aromatic heterocycles. The van der Waals surface area contributed by atoms with Gasteiger partial charge in [0.1, 0.15) is 0 Å². The van der Waals surface area contributed by atoms with E-state index in [1.54, 1.807) is 0 Å². The minimum absolute atomic E-state index is 0. The molecular formula is C10H22F8O4. The first kappa shape index (κ1) is 42.8. The van der Waals surface area contributed by atoms with Crippen molar-refractivity contribution in [3.63, 3.8) is 0 Å². The fraction of sp³-hybridized carbons (Fsp3) is 0.800. The first-order chi connectivity index (χ1) is 7.67. The molecule has 0 radical (unpaired) electrons. The van der Waals surface area contributed by atoms with E-state index in [-0.39, 0.29) is 34.4 Å². The van der Waals surface area contributed by atoms with E-state index in [1.165, 1.54) is 0 Å². The maximum atomic E-state index is 11.8. The van der Waals surface area contributed by atoms with Crippen molar-refractivity contribution in [2.45, 2.75) is 42.1 Å². The van der Waals surface area contributed by atoms with Gasteiger partial charge in [0.15, 0.2) is 13.3 Å². The topological polar surface area (TPSA) is 52.6 Å². The number of hydrogen-bond acceptors (Lipinski definition) is 4. The first-order valence-electron chi connectivity index (χ1n) is 3.53. The zero-order valence-corrected chi connectivity index (χ0v) is 8.18. The van der Waals surface area contributed by atoms with Gasteiger partial charge in [0.05, 0.1) is 0 Å². The summed E-state index contributed by atoms with van der Waals surface area (Å²) in [6, 6.07) is 0. The Hall–Kier alpha value is -1.62. The lowest BCUT2D eigenvalue weighted by Crippen LogP contribution is -2.33. The fourth-order valence-corrected chi connectivity index (χ4v) is 0.186. The summed E-state index contributed by atoms with van der Waals surface area (Å²) < 4.78 is 77.1. The molecule has 0 atom stereocenters. The van der Waals surface area contributed by atoms with Gasteiger partial charge in [-0.3, -0.25) is 4.70 Å². The molecule has 4 nitrogen and oxygen atoms in total. The standard InChI is InChI=1S/C4H2F4O4.C2H3F3.4CH4.FH/c5-1-4(7,8)2(9)11-12-3(6)10;3-1-2(4)5;;;;;/h1H2;2H,1H2;4*1H4;1H. The number of carbonyl (C=O) groups is 2. The van der Waals surface area contributed by atoms with Crippen LogP contribution in [0, 0.1) is 0 Å². The van der Waals surface area contributed by atoms with Crippen molar-refractivity contribution in [2.75, 3.05) is 13.3 Å². The van der Waals surface area contributed by atoms with Gasteiger partial charge in [0, 0.05) is 0 Å². The number of halogens is 8. The minimum atomic E-state index is -4.44. The van der Waals surface area contributed by atoms with Gasteiger partial charge >= 0.3 is 18.1 Å². The highest BCUT2D eigenvalue weighted by atomic mass is 19.3. The normalized spacial score (nSPS) is 8.00. The largest absolute Gasteiger partial charge is 0.536 e. The molecule has 142 valence electrons. The van der Waals surface area contributed by atoms with Gasteiger partial charge in [-0.05, 0) is 0 Å². The Balaban J connectivity index is -0.0000000401. The van der Waals surface area contributed by atoms with Gasteiger partial charge in [-0.2, -0.15) is 8.78 Å². The molecule has 0 saturated carbocycles. The SMILES string of the molecule is C.C.C.C.F.FCC(F)F.O=C(F)OOC(=O)C(F)(F)CF. The molecule has 12 heteroatoms. The Kier molecular flexibility index (Phi) is 42.1. The van der Waals surface area contributed by atoms with Crippen LogP contribution in [0.15, 0.2) is 0 Å². The Morgan fingerprint density at radius 2 is 1.27 bits per heavy atom. The first-order valence-corrected chi connectivity index (χ1v) is 3.53.